The molecule has 1 atom stereocenters. The van der Waals surface area contributed by atoms with Gasteiger partial charge in [0.05, 0.1) is 44.8 Å². The van der Waals surface area contributed by atoms with E-state index >= 15 is 4.39 Å². The van der Waals surface area contributed by atoms with Crippen molar-refractivity contribution in [3.63, 3.8) is 0 Å². The summed E-state index contributed by atoms with van der Waals surface area (Å²) in [7, 11) is 1.76. The topological polar surface area (TPSA) is 106 Å². The minimum atomic E-state index is -0.388. The molecule has 0 radical (unpaired) electrons. The van der Waals surface area contributed by atoms with Crippen LogP contribution < -0.4 is 15.4 Å². The lowest BCUT2D eigenvalue weighted by Gasteiger charge is -2.54. The summed E-state index contributed by atoms with van der Waals surface area (Å²) >= 11 is 6.61. The van der Waals surface area contributed by atoms with E-state index in [1.165, 1.54) is 29.3 Å². The highest BCUT2D eigenvalue weighted by Gasteiger charge is 2.49. The molecular weight excluding hydrogens is 769 g/mol. The van der Waals surface area contributed by atoms with E-state index in [0.717, 1.165) is 87.2 Å². The third-order valence-electron chi connectivity index (χ3n) is 14.7. The fourth-order valence-corrected chi connectivity index (χ4v) is 11.8. The first kappa shape index (κ1) is 37.4. The second-order valence-electron chi connectivity index (χ2n) is 18.2. The maximum absolute atomic E-state index is 15.7. The van der Waals surface area contributed by atoms with Gasteiger partial charge in [-0.25, -0.2) is 9.29 Å². The molecule has 4 saturated heterocycles. The van der Waals surface area contributed by atoms with Gasteiger partial charge >= 0.3 is 0 Å². The Labute approximate surface area is 347 Å². The molecule has 5 fully saturated rings. The van der Waals surface area contributed by atoms with Crippen LogP contribution in [0.4, 0.5) is 15.9 Å². The van der Waals surface area contributed by atoms with Crippen LogP contribution >= 0.6 is 11.6 Å². The van der Waals surface area contributed by atoms with Gasteiger partial charge in [0.15, 0.2) is 5.82 Å². The van der Waals surface area contributed by atoms with Gasteiger partial charge in [0, 0.05) is 44.9 Å². The third-order valence-corrected chi connectivity index (χ3v) is 15.0. The Bertz CT molecular complexity index is 2590. The van der Waals surface area contributed by atoms with Gasteiger partial charge in [-0.2, -0.15) is 10.1 Å². The maximum atomic E-state index is 15.7. The van der Waals surface area contributed by atoms with E-state index in [1.807, 2.05) is 17.0 Å². The lowest BCUT2D eigenvalue weighted by Crippen LogP contribution is -2.65. The number of imide groups is 1. The van der Waals surface area contributed by atoms with Gasteiger partial charge < -0.3 is 14.5 Å². The number of nitrogens with zero attached hydrogens (tertiary/aromatic N) is 7. The zero-order valence-electron chi connectivity index (χ0n) is 33.5. The number of ether oxygens (including phenoxy) is 1. The van der Waals surface area contributed by atoms with Crippen molar-refractivity contribution in [2.45, 2.75) is 94.0 Å². The van der Waals surface area contributed by atoms with Crippen LogP contribution in [0.25, 0.3) is 27.5 Å². The summed E-state index contributed by atoms with van der Waals surface area (Å²) < 4.78 is 26.2. The third kappa shape index (κ3) is 5.90. The molecule has 59 heavy (non-hydrogen) atoms. The van der Waals surface area contributed by atoms with Crippen LogP contribution in [0.15, 0.2) is 53.3 Å². The smallest absolute Gasteiger partial charge is 0.282 e. The van der Waals surface area contributed by atoms with Crippen molar-refractivity contribution in [1.82, 2.24) is 24.2 Å². The van der Waals surface area contributed by atoms with Crippen molar-refractivity contribution in [3.05, 3.63) is 86.7 Å². The van der Waals surface area contributed by atoms with Crippen molar-refractivity contribution >= 4 is 56.7 Å². The molecule has 6 aliphatic rings. The first-order valence-electron chi connectivity index (χ1n) is 21.6. The van der Waals surface area contributed by atoms with Crippen molar-refractivity contribution in [2.75, 3.05) is 49.1 Å². The summed E-state index contributed by atoms with van der Waals surface area (Å²) in [6.07, 6.45) is 10.8. The van der Waals surface area contributed by atoms with Gasteiger partial charge in [-0.05, 0) is 111 Å². The number of halogens is 2. The van der Waals surface area contributed by atoms with Gasteiger partial charge in [0.1, 0.15) is 17.2 Å². The lowest BCUT2D eigenvalue weighted by atomic mass is 9.69. The molecule has 2 spiro atoms. The number of carbonyl (C=O) groups is 2. The number of carbonyl (C=O) groups excluding carboxylic acids is 2. The normalized spacial score (nSPS) is 23.1. The van der Waals surface area contributed by atoms with E-state index in [-0.39, 0.29) is 52.9 Å². The van der Waals surface area contributed by atoms with Gasteiger partial charge in [0.25, 0.3) is 5.56 Å². The summed E-state index contributed by atoms with van der Waals surface area (Å²) in [4.78, 5) is 49.2. The Hall–Kier alpha value is -4.65. The van der Waals surface area contributed by atoms with E-state index in [0.29, 0.717) is 65.0 Å². The summed E-state index contributed by atoms with van der Waals surface area (Å²) in [5, 5.41) is 5.90. The monoisotopic (exact) mass is 817 g/mol. The molecule has 11 rings (SSSR count). The molecule has 1 unspecified atom stereocenters. The maximum Gasteiger partial charge on any atom is 0.282 e. The lowest BCUT2D eigenvalue weighted by molar-refractivity contribution is -0.129. The van der Waals surface area contributed by atoms with Crippen LogP contribution in [0.1, 0.15) is 99.9 Å². The molecule has 0 N–H and O–H groups in total. The van der Waals surface area contributed by atoms with E-state index < -0.39 is 0 Å². The van der Waals surface area contributed by atoms with Gasteiger partial charge in [0.2, 0.25) is 11.8 Å². The molecule has 11 nitrogen and oxygen atoms in total. The van der Waals surface area contributed by atoms with Crippen molar-refractivity contribution in [1.29, 1.82) is 0 Å². The van der Waals surface area contributed by atoms with Crippen LogP contribution in [0.3, 0.4) is 0 Å². The number of benzene rings is 3. The predicted molar refractivity (Wildman–Crippen MR) is 225 cm³/mol. The molecule has 0 bridgehead atoms. The number of anilines is 2. The highest BCUT2D eigenvalue weighted by molar-refractivity contribution is 6.35. The quantitative estimate of drug-likeness (QED) is 0.168. The summed E-state index contributed by atoms with van der Waals surface area (Å²) in [6, 6.07) is 16.0. The highest BCUT2D eigenvalue weighted by Crippen LogP contribution is 2.52. The van der Waals surface area contributed by atoms with Gasteiger partial charge in [-0.3, -0.25) is 23.6 Å². The van der Waals surface area contributed by atoms with Gasteiger partial charge in [-0.15, -0.1) is 0 Å². The second-order valence-corrected chi connectivity index (χ2v) is 18.6. The molecule has 1 saturated carbocycles. The molecule has 7 heterocycles. The summed E-state index contributed by atoms with van der Waals surface area (Å²) in [6.45, 7) is 5.07. The standard InChI is InChI=1S/C46H49ClFN7O4/c1-51-36-23-38(34(48)22-31(36)42(50-51)55-39(56)9-6-10-40(55)57)53-26-45(27-53)18-13-28(25-59-45)24-52-19-14-29(15-20-52)30-11-12-32-37(21-30)54-35-8-5-7-33(47)41(35)43(58)49-44(54)46(32)16-3-2-4-17-46/h5,7-8,11-12,21-23,28-29H,2-4,6,9-10,13-20,24-27H2,1H3. The average Bonchev–Trinajstić information content (AvgIpc) is 3.67. The van der Waals surface area contributed by atoms with E-state index in [4.69, 9.17) is 21.3 Å². The largest absolute Gasteiger partial charge is 0.371 e. The molecule has 2 aromatic heterocycles. The Morgan fingerprint density at radius 1 is 0.881 bits per heavy atom. The number of piperidine rings is 2. The number of likely N-dealkylation sites (tertiary alicyclic amines) is 1. The van der Waals surface area contributed by atoms with Crippen molar-refractivity contribution < 1.29 is 18.7 Å². The van der Waals surface area contributed by atoms with Crippen LogP contribution in [0, 0.1) is 11.7 Å². The van der Waals surface area contributed by atoms with Crippen LogP contribution in [-0.4, -0.2) is 81.0 Å². The molecule has 5 aliphatic heterocycles. The van der Waals surface area contributed by atoms with Crippen LogP contribution in [-0.2, 0) is 26.8 Å². The fraction of sp³-hybridized carbons (Fsp3) is 0.500. The summed E-state index contributed by atoms with van der Waals surface area (Å²) in [5.41, 5.74) is 5.15. The number of rotatable bonds is 5. The zero-order valence-corrected chi connectivity index (χ0v) is 34.3. The molecular formula is C46H49ClFN7O4. The van der Waals surface area contributed by atoms with Crippen LogP contribution in [0.2, 0.25) is 5.02 Å². The Morgan fingerprint density at radius 2 is 1.66 bits per heavy atom. The van der Waals surface area contributed by atoms with E-state index in [9.17, 15) is 14.4 Å². The van der Waals surface area contributed by atoms with E-state index in [1.54, 1.807) is 23.9 Å². The number of aryl methyl sites for hydroxylation is 1. The minimum Gasteiger partial charge on any atom is -0.371 e. The molecule has 2 amide bonds. The van der Waals surface area contributed by atoms with E-state index in [2.05, 4.69) is 32.8 Å². The Balaban J connectivity index is 0.732. The number of hydrogen-bond acceptors (Lipinski definition) is 8. The Morgan fingerprint density at radius 3 is 2.41 bits per heavy atom. The number of hydrogen-bond donors (Lipinski definition) is 0. The zero-order chi connectivity index (χ0) is 40.2. The highest BCUT2D eigenvalue weighted by atomic mass is 35.5. The second kappa shape index (κ2) is 14.0. The molecule has 3 aromatic carbocycles. The van der Waals surface area contributed by atoms with Crippen molar-refractivity contribution in [2.24, 2.45) is 13.0 Å². The Kier molecular flexibility index (Phi) is 8.84. The molecule has 5 aromatic rings. The molecule has 1 aliphatic carbocycles. The number of fused-ring (bicyclic) bond motifs is 8. The van der Waals surface area contributed by atoms with Crippen molar-refractivity contribution in [3.8, 4) is 5.69 Å². The number of aromatic nitrogens is 4. The first-order valence-corrected chi connectivity index (χ1v) is 22.0. The predicted octanol–water partition coefficient (Wildman–Crippen LogP) is 7.54. The molecule has 13 heteroatoms. The van der Waals surface area contributed by atoms with Gasteiger partial charge in [-0.1, -0.05) is 49.1 Å². The SMILES string of the molecule is Cn1nc(N2C(=O)CCCC2=O)c2cc(F)c(N3CC4(CCC(CN5CCC(c6ccc7c(c6)-n6c(nc(=O)c8c(Cl)cccc86)C76CCCCC6)CC5)CO4)C3)cc21. The average molecular weight is 818 g/mol. The number of amides is 2. The van der Waals surface area contributed by atoms with Crippen LogP contribution in [0.5, 0.6) is 0 Å². The summed E-state index contributed by atoms with van der Waals surface area (Å²) in [5.74, 6) is 1.06. The first-order chi connectivity index (χ1) is 28.6. The minimum absolute atomic E-state index is 0.216. The molecule has 306 valence electrons. The fourth-order valence-electron chi connectivity index (χ4n) is 11.5.